The highest BCUT2D eigenvalue weighted by molar-refractivity contribution is 5.91. The predicted octanol–water partition coefficient (Wildman–Crippen LogP) is -0.416. The molecule has 0 atom stereocenters. The first-order chi connectivity index (χ1) is 7.29. The number of hydrogen-bond donors (Lipinski definition) is 2. The molecule has 0 unspecified atom stereocenters. The molecular weight excluding hydrogens is 196 g/mol. The number of piperazine rings is 1. The molecule has 15 heavy (non-hydrogen) atoms. The molecule has 6 heteroatoms. The third kappa shape index (κ3) is 2.04. The minimum Gasteiger partial charge on any atom is -0.476 e. The number of anilines is 1. The van der Waals surface area contributed by atoms with Crippen LogP contribution in [0.3, 0.4) is 0 Å². The van der Waals surface area contributed by atoms with Gasteiger partial charge in [-0.1, -0.05) is 0 Å². The highest BCUT2D eigenvalue weighted by Gasteiger charge is 2.18. The molecule has 1 fully saturated rings. The van der Waals surface area contributed by atoms with Crippen LogP contribution in [0, 0.1) is 0 Å². The fraction of sp³-hybridized carbons (Fsp3) is 0.444. The Morgan fingerprint density at radius 1 is 1.47 bits per heavy atom. The van der Waals surface area contributed by atoms with Crippen molar-refractivity contribution < 1.29 is 9.90 Å². The molecule has 0 saturated carbocycles. The van der Waals surface area contributed by atoms with Crippen LogP contribution in [0.1, 0.15) is 10.5 Å². The number of carbonyl (C=O) groups is 1. The molecule has 1 aromatic heterocycles. The average molecular weight is 208 g/mol. The number of hydrogen-bond acceptors (Lipinski definition) is 5. The first-order valence-corrected chi connectivity index (χ1v) is 4.79. The van der Waals surface area contributed by atoms with E-state index in [1.807, 2.05) is 4.90 Å². The molecule has 2 N–H and O–H groups in total. The molecule has 1 aromatic rings. The maximum atomic E-state index is 10.9. The molecule has 80 valence electrons. The summed E-state index contributed by atoms with van der Waals surface area (Å²) < 4.78 is 0. The van der Waals surface area contributed by atoms with Gasteiger partial charge in [0.1, 0.15) is 0 Å². The van der Waals surface area contributed by atoms with E-state index < -0.39 is 5.97 Å². The Bertz CT molecular complexity index is 363. The summed E-state index contributed by atoms with van der Waals surface area (Å²) in [6.07, 6.45) is 1.52. The number of nitrogens with one attached hydrogen (secondary N) is 1. The summed E-state index contributed by atoms with van der Waals surface area (Å²) >= 11 is 0. The lowest BCUT2D eigenvalue weighted by Crippen LogP contribution is -2.44. The standard InChI is InChI=1S/C9H12N4O2/c14-9(15)8-7(1-2-11-12-8)13-5-3-10-4-6-13/h1-2,10H,3-6H2,(H,14,15). The summed E-state index contributed by atoms with van der Waals surface area (Å²) in [6, 6.07) is 1.70. The lowest BCUT2D eigenvalue weighted by Gasteiger charge is -2.29. The molecular formula is C9H12N4O2. The number of rotatable bonds is 2. The van der Waals surface area contributed by atoms with Gasteiger partial charge in [0, 0.05) is 26.2 Å². The molecule has 1 aliphatic rings. The Balaban J connectivity index is 2.29. The highest BCUT2D eigenvalue weighted by Crippen LogP contribution is 2.17. The van der Waals surface area contributed by atoms with Crippen molar-refractivity contribution in [3.05, 3.63) is 18.0 Å². The lowest BCUT2D eigenvalue weighted by molar-refractivity contribution is 0.0690. The highest BCUT2D eigenvalue weighted by atomic mass is 16.4. The fourth-order valence-electron chi connectivity index (χ4n) is 1.64. The second kappa shape index (κ2) is 4.22. The second-order valence-corrected chi connectivity index (χ2v) is 3.31. The maximum Gasteiger partial charge on any atom is 0.358 e. The first kappa shape index (κ1) is 9.85. The monoisotopic (exact) mass is 208 g/mol. The third-order valence-corrected chi connectivity index (χ3v) is 2.36. The van der Waals surface area contributed by atoms with Crippen molar-refractivity contribution in [3.8, 4) is 0 Å². The van der Waals surface area contributed by atoms with Gasteiger partial charge in [-0.15, -0.1) is 5.10 Å². The molecule has 0 aliphatic carbocycles. The summed E-state index contributed by atoms with van der Waals surface area (Å²) in [5.41, 5.74) is 0.679. The molecule has 0 aromatic carbocycles. The van der Waals surface area contributed by atoms with E-state index in [9.17, 15) is 4.79 Å². The van der Waals surface area contributed by atoms with Crippen LogP contribution in [0.4, 0.5) is 5.69 Å². The first-order valence-electron chi connectivity index (χ1n) is 4.79. The minimum absolute atomic E-state index is 0.0272. The van der Waals surface area contributed by atoms with Gasteiger partial charge in [0.25, 0.3) is 0 Å². The SMILES string of the molecule is O=C(O)c1nnccc1N1CCNCC1. The van der Waals surface area contributed by atoms with Gasteiger partial charge in [0.2, 0.25) is 0 Å². The van der Waals surface area contributed by atoms with Gasteiger partial charge in [-0.2, -0.15) is 5.10 Å². The van der Waals surface area contributed by atoms with Crippen molar-refractivity contribution in [1.29, 1.82) is 0 Å². The Morgan fingerprint density at radius 3 is 2.87 bits per heavy atom. The van der Waals surface area contributed by atoms with Gasteiger partial charge in [0.05, 0.1) is 11.9 Å². The Kier molecular flexibility index (Phi) is 2.77. The van der Waals surface area contributed by atoms with E-state index in [0.29, 0.717) is 5.69 Å². The minimum atomic E-state index is -1.03. The third-order valence-electron chi connectivity index (χ3n) is 2.36. The van der Waals surface area contributed by atoms with E-state index >= 15 is 0 Å². The zero-order valence-corrected chi connectivity index (χ0v) is 8.18. The van der Waals surface area contributed by atoms with Gasteiger partial charge in [-0.05, 0) is 6.07 Å². The van der Waals surface area contributed by atoms with E-state index in [0.717, 1.165) is 26.2 Å². The van der Waals surface area contributed by atoms with Crippen LogP contribution in [0.25, 0.3) is 0 Å². The van der Waals surface area contributed by atoms with Crippen LogP contribution in [0.5, 0.6) is 0 Å². The normalized spacial score (nSPS) is 16.4. The topological polar surface area (TPSA) is 78.3 Å². The van der Waals surface area contributed by atoms with Crippen molar-refractivity contribution >= 4 is 11.7 Å². The summed E-state index contributed by atoms with van der Waals surface area (Å²) in [4.78, 5) is 12.9. The molecule has 2 heterocycles. The number of aromatic nitrogens is 2. The quantitative estimate of drug-likeness (QED) is 0.687. The largest absolute Gasteiger partial charge is 0.476 e. The van der Waals surface area contributed by atoms with Crippen LogP contribution >= 0.6 is 0 Å². The van der Waals surface area contributed by atoms with Crippen molar-refractivity contribution in [1.82, 2.24) is 15.5 Å². The number of carboxylic acids is 1. The lowest BCUT2D eigenvalue weighted by atomic mass is 10.2. The molecule has 0 spiro atoms. The van der Waals surface area contributed by atoms with Gasteiger partial charge >= 0.3 is 5.97 Å². The number of carboxylic acid groups (broad SMARTS) is 1. The average Bonchev–Trinajstić information content (AvgIpc) is 2.30. The van der Waals surface area contributed by atoms with E-state index in [2.05, 4.69) is 15.5 Å². The van der Waals surface area contributed by atoms with Crippen LogP contribution in [0.15, 0.2) is 12.3 Å². The van der Waals surface area contributed by atoms with Crippen molar-refractivity contribution in [3.63, 3.8) is 0 Å². The summed E-state index contributed by atoms with van der Waals surface area (Å²) in [7, 11) is 0. The molecule has 2 rings (SSSR count). The van der Waals surface area contributed by atoms with E-state index in [-0.39, 0.29) is 5.69 Å². The molecule has 0 bridgehead atoms. The zero-order valence-electron chi connectivity index (χ0n) is 8.18. The fourth-order valence-corrected chi connectivity index (χ4v) is 1.64. The van der Waals surface area contributed by atoms with Gasteiger partial charge < -0.3 is 15.3 Å². The van der Waals surface area contributed by atoms with Gasteiger partial charge in [-0.3, -0.25) is 0 Å². The summed E-state index contributed by atoms with van der Waals surface area (Å²) in [6.45, 7) is 3.32. The molecule has 1 saturated heterocycles. The molecule has 0 radical (unpaired) electrons. The predicted molar refractivity (Wildman–Crippen MR) is 54.1 cm³/mol. The van der Waals surface area contributed by atoms with Gasteiger partial charge in [-0.25, -0.2) is 4.79 Å². The molecule has 0 amide bonds. The van der Waals surface area contributed by atoms with Crippen molar-refractivity contribution in [2.75, 3.05) is 31.1 Å². The second-order valence-electron chi connectivity index (χ2n) is 3.31. The maximum absolute atomic E-state index is 10.9. The summed E-state index contributed by atoms with van der Waals surface area (Å²) in [5.74, 6) is -1.03. The number of nitrogens with zero attached hydrogens (tertiary/aromatic N) is 3. The Hall–Kier alpha value is -1.69. The van der Waals surface area contributed by atoms with E-state index in [4.69, 9.17) is 5.11 Å². The molecule has 6 nitrogen and oxygen atoms in total. The number of aromatic carboxylic acids is 1. The smallest absolute Gasteiger partial charge is 0.358 e. The molecule has 1 aliphatic heterocycles. The Labute approximate surface area is 86.9 Å². The van der Waals surface area contributed by atoms with E-state index in [1.165, 1.54) is 6.20 Å². The van der Waals surface area contributed by atoms with Crippen LogP contribution in [-0.4, -0.2) is 47.5 Å². The zero-order chi connectivity index (χ0) is 10.7. The van der Waals surface area contributed by atoms with Crippen molar-refractivity contribution in [2.45, 2.75) is 0 Å². The van der Waals surface area contributed by atoms with Crippen LogP contribution in [0.2, 0.25) is 0 Å². The van der Waals surface area contributed by atoms with Crippen molar-refractivity contribution in [2.24, 2.45) is 0 Å². The van der Waals surface area contributed by atoms with Crippen LogP contribution < -0.4 is 10.2 Å². The summed E-state index contributed by atoms with van der Waals surface area (Å²) in [5, 5.41) is 19.4. The Morgan fingerprint density at radius 2 is 2.20 bits per heavy atom. The van der Waals surface area contributed by atoms with Crippen LogP contribution in [-0.2, 0) is 0 Å². The van der Waals surface area contributed by atoms with E-state index in [1.54, 1.807) is 6.07 Å². The van der Waals surface area contributed by atoms with Gasteiger partial charge in [0.15, 0.2) is 5.69 Å².